The maximum atomic E-state index is 3.78. The van der Waals surface area contributed by atoms with Gasteiger partial charge in [-0.2, -0.15) is 0 Å². The Bertz CT molecular complexity index is 136. The van der Waals surface area contributed by atoms with Crippen LogP contribution in [0.2, 0.25) is 0 Å². The summed E-state index contributed by atoms with van der Waals surface area (Å²) in [7, 11) is 0. The summed E-state index contributed by atoms with van der Waals surface area (Å²) in [4.78, 5) is 0. The second-order valence-corrected chi connectivity index (χ2v) is 3.79. The van der Waals surface area contributed by atoms with Crippen molar-refractivity contribution in [3.05, 3.63) is 12.7 Å². The topological polar surface area (TPSA) is 12.0 Å². The third-order valence-corrected chi connectivity index (χ3v) is 2.73. The van der Waals surface area contributed by atoms with Gasteiger partial charge >= 0.3 is 0 Å². The van der Waals surface area contributed by atoms with Gasteiger partial charge in [-0.05, 0) is 31.2 Å². The van der Waals surface area contributed by atoms with Crippen LogP contribution in [0, 0.1) is 5.41 Å². The van der Waals surface area contributed by atoms with Crippen LogP contribution in [0.15, 0.2) is 12.7 Å². The molecule has 0 heterocycles. The zero-order valence-electron chi connectivity index (χ0n) is 7.69. The molecule has 64 valence electrons. The molecule has 0 saturated heterocycles. The van der Waals surface area contributed by atoms with Crippen molar-refractivity contribution in [1.82, 2.24) is 5.32 Å². The van der Waals surface area contributed by atoms with Crippen molar-refractivity contribution >= 4 is 0 Å². The van der Waals surface area contributed by atoms with Gasteiger partial charge < -0.3 is 5.32 Å². The minimum Gasteiger partial charge on any atom is -0.313 e. The Morgan fingerprint density at radius 2 is 2.27 bits per heavy atom. The van der Waals surface area contributed by atoms with Crippen molar-refractivity contribution in [2.75, 3.05) is 6.54 Å². The molecule has 0 aliphatic heterocycles. The first-order chi connectivity index (χ1) is 5.23. The van der Waals surface area contributed by atoms with E-state index >= 15 is 0 Å². The lowest BCUT2D eigenvalue weighted by molar-refractivity contribution is 0.365. The van der Waals surface area contributed by atoms with E-state index in [1.165, 1.54) is 12.8 Å². The Hall–Kier alpha value is -0.300. The van der Waals surface area contributed by atoms with Gasteiger partial charge in [0.05, 0.1) is 0 Å². The summed E-state index contributed by atoms with van der Waals surface area (Å²) in [5, 5.41) is 3.51. The van der Waals surface area contributed by atoms with Crippen LogP contribution in [-0.2, 0) is 0 Å². The molecule has 1 fully saturated rings. The first-order valence-electron chi connectivity index (χ1n) is 4.57. The molecule has 1 saturated carbocycles. The Labute approximate surface area is 69.9 Å². The largest absolute Gasteiger partial charge is 0.313 e. The van der Waals surface area contributed by atoms with Crippen LogP contribution in [0.5, 0.6) is 0 Å². The monoisotopic (exact) mass is 153 g/mol. The Kier molecular flexibility index (Phi) is 2.72. The summed E-state index contributed by atoms with van der Waals surface area (Å²) in [6, 6.07) is 0.671. The third kappa shape index (κ3) is 2.06. The highest BCUT2D eigenvalue weighted by Crippen LogP contribution is 2.49. The van der Waals surface area contributed by atoms with Crippen LogP contribution in [0.4, 0.5) is 0 Å². The summed E-state index contributed by atoms with van der Waals surface area (Å²) < 4.78 is 0. The van der Waals surface area contributed by atoms with E-state index < -0.39 is 0 Å². The van der Waals surface area contributed by atoms with E-state index in [1.54, 1.807) is 0 Å². The highest BCUT2D eigenvalue weighted by atomic mass is 14.9. The number of hydrogen-bond donors (Lipinski definition) is 1. The SMILES string of the molecule is C=CCC(NCC)C1(C)CC1. The smallest absolute Gasteiger partial charge is 0.0155 e. The van der Waals surface area contributed by atoms with Crippen LogP contribution in [0.3, 0.4) is 0 Å². The minimum atomic E-state index is 0.588. The molecule has 0 aromatic rings. The second kappa shape index (κ2) is 3.40. The highest BCUT2D eigenvalue weighted by Gasteiger charge is 2.43. The molecule has 0 aromatic heterocycles. The molecule has 0 aromatic carbocycles. The van der Waals surface area contributed by atoms with Gasteiger partial charge in [0.2, 0.25) is 0 Å². The summed E-state index contributed by atoms with van der Waals surface area (Å²) in [5.74, 6) is 0. The van der Waals surface area contributed by atoms with Gasteiger partial charge in [0, 0.05) is 6.04 Å². The van der Waals surface area contributed by atoms with E-state index in [9.17, 15) is 0 Å². The Balaban J connectivity index is 2.38. The number of hydrogen-bond acceptors (Lipinski definition) is 1. The van der Waals surface area contributed by atoms with Crippen molar-refractivity contribution in [2.45, 2.75) is 39.2 Å². The van der Waals surface area contributed by atoms with Gasteiger partial charge in [-0.15, -0.1) is 6.58 Å². The molecular formula is C10H19N. The number of nitrogens with one attached hydrogen (secondary N) is 1. The van der Waals surface area contributed by atoms with Crippen molar-refractivity contribution in [1.29, 1.82) is 0 Å². The van der Waals surface area contributed by atoms with Crippen molar-refractivity contribution in [2.24, 2.45) is 5.41 Å². The average Bonchev–Trinajstić information content (AvgIpc) is 2.69. The zero-order valence-corrected chi connectivity index (χ0v) is 7.69. The van der Waals surface area contributed by atoms with E-state index in [0.717, 1.165) is 13.0 Å². The van der Waals surface area contributed by atoms with Gasteiger partial charge in [-0.1, -0.05) is 19.9 Å². The van der Waals surface area contributed by atoms with Crippen LogP contribution in [0.1, 0.15) is 33.1 Å². The summed E-state index contributed by atoms with van der Waals surface area (Å²) in [6.45, 7) is 9.39. The van der Waals surface area contributed by atoms with Crippen LogP contribution in [0.25, 0.3) is 0 Å². The zero-order chi connectivity index (χ0) is 8.32. The molecule has 1 unspecified atom stereocenters. The Morgan fingerprint density at radius 3 is 2.64 bits per heavy atom. The van der Waals surface area contributed by atoms with E-state index in [1.807, 2.05) is 6.08 Å². The fourth-order valence-electron chi connectivity index (χ4n) is 1.57. The molecule has 0 radical (unpaired) electrons. The standard InChI is InChI=1S/C10H19N/c1-4-6-9(11-5-2)10(3)7-8-10/h4,9,11H,1,5-8H2,2-3H3. The summed E-state index contributed by atoms with van der Waals surface area (Å²) in [5.41, 5.74) is 0.588. The molecule has 0 amide bonds. The maximum Gasteiger partial charge on any atom is 0.0155 e. The highest BCUT2D eigenvalue weighted by molar-refractivity contribution is 5.00. The molecule has 1 heteroatoms. The fourth-order valence-corrected chi connectivity index (χ4v) is 1.57. The molecule has 0 bridgehead atoms. The molecule has 0 spiro atoms. The maximum absolute atomic E-state index is 3.78. The van der Waals surface area contributed by atoms with E-state index in [2.05, 4.69) is 25.7 Å². The lowest BCUT2D eigenvalue weighted by atomic mass is 9.96. The number of rotatable bonds is 5. The van der Waals surface area contributed by atoms with Gasteiger partial charge in [-0.3, -0.25) is 0 Å². The van der Waals surface area contributed by atoms with Gasteiger partial charge in [0.15, 0.2) is 0 Å². The molecule has 1 atom stereocenters. The normalized spacial score (nSPS) is 22.7. The molecule has 1 N–H and O–H groups in total. The molecule has 1 rings (SSSR count). The van der Waals surface area contributed by atoms with Crippen molar-refractivity contribution < 1.29 is 0 Å². The van der Waals surface area contributed by atoms with Crippen LogP contribution < -0.4 is 5.32 Å². The van der Waals surface area contributed by atoms with Crippen molar-refractivity contribution in [3.63, 3.8) is 0 Å². The molecule has 1 nitrogen and oxygen atoms in total. The molecule has 1 aliphatic rings. The van der Waals surface area contributed by atoms with Gasteiger partial charge in [-0.25, -0.2) is 0 Å². The van der Waals surface area contributed by atoms with Crippen LogP contribution in [-0.4, -0.2) is 12.6 Å². The predicted octanol–water partition coefficient (Wildman–Crippen LogP) is 2.34. The van der Waals surface area contributed by atoms with Gasteiger partial charge in [0.1, 0.15) is 0 Å². The molecule has 1 aliphatic carbocycles. The van der Waals surface area contributed by atoms with Crippen molar-refractivity contribution in [3.8, 4) is 0 Å². The predicted molar refractivity (Wildman–Crippen MR) is 49.6 cm³/mol. The first kappa shape index (κ1) is 8.79. The summed E-state index contributed by atoms with van der Waals surface area (Å²) >= 11 is 0. The molecule has 11 heavy (non-hydrogen) atoms. The summed E-state index contributed by atoms with van der Waals surface area (Å²) in [6.07, 6.45) is 5.91. The fraction of sp³-hybridized carbons (Fsp3) is 0.800. The minimum absolute atomic E-state index is 0.588. The lowest BCUT2D eigenvalue weighted by Gasteiger charge is -2.22. The Morgan fingerprint density at radius 1 is 1.64 bits per heavy atom. The van der Waals surface area contributed by atoms with Gasteiger partial charge in [0.25, 0.3) is 0 Å². The first-order valence-corrected chi connectivity index (χ1v) is 4.57. The molecular weight excluding hydrogens is 134 g/mol. The quantitative estimate of drug-likeness (QED) is 0.598. The van der Waals surface area contributed by atoms with E-state index in [-0.39, 0.29) is 0 Å². The van der Waals surface area contributed by atoms with Crippen LogP contribution >= 0.6 is 0 Å². The van der Waals surface area contributed by atoms with E-state index in [0.29, 0.717) is 11.5 Å². The van der Waals surface area contributed by atoms with E-state index in [4.69, 9.17) is 0 Å². The second-order valence-electron chi connectivity index (χ2n) is 3.79. The lowest BCUT2D eigenvalue weighted by Crippen LogP contribution is -2.35. The third-order valence-electron chi connectivity index (χ3n) is 2.73. The average molecular weight is 153 g/mol.